The number of rotatable bonds is 6. The van der Waals surface area contributed by atoms with Gasteiger partial charge in [-0.25, -0.2) is 0 Å². The molecule has 0 radical (unpaired) electrons. The molecule has 1 aromatic carbocycles. The van der Waals surface area contributed by atoms with Gasteiger partial charge in [0.25, 0.3) is 11.8 Å². The van der Waals surface area contributed by atoms with Crippen LogP contribution in [0.15, 0.2) is 29.3 Å². The number of halogens is 4. The quantitative estimate of drug-likeness (QED) is 0.416. The number of carbonyl (C=O) groups excluding carboxylic acids is 2. The van der Waals surface area contributed by atoms with Gasteiger partial charge in [0.1, 0.15) is 4.34 Å². The number of likely N-dealkylation sites (N-methyl/N-ethyl adjacent to an activating group) is 1. The number of thiophene rings is 1. The lowest BCUT2D eigenvalue weighted by Gasteiger charge is -2.12. The molecule has 0 aliphatic carbocycles. The van der Waals surface area contributed by atoms with Crippen molar-refractivity contribution in [1.29, 1.82) is 0 Å². The molecule has 7 nitrogen and oxygen atoms in total. The summed E-state index contributed by atoms with van der Waals surface area (Å²) in [6.45, 7) is 1.13. The van der Waals surface area contributed by atoms with Gasteiger partial charge in [0.15, 0.2) is 5.96 Å². The molecular formula is C17H21Cl4N5O2S. The minimum Gasteiger partial charge on any atom is -0.370 e. The topological polar surface area (TPSA) is 114 Å². The van der Waals surface area contributed by atoms with Gasteiger partial charge in [0.2, 0.25) is 0 Å². The second-order valence-electron chi connectivity index (χ2n) is 5.94. The maximum absolute atomic E-state index is 12.5. The number of benzene rings is 1. The first-order valence-corrected chi connectivity index (χ1v) is 9.42. The van der Waals surface area contributed by atoms with Crippen molar-refractivity contribution in [3.63, 3.8) is 0 Å². The van der Waals surface area contributed by atoms with Crippen LogP contribution in [0.4, 0.5) is 0 Å². The van der Waals surface area contributed by atoms with E-state index in [1.54, 1.807) is 18.2 Å². The van der Waals surface area contributed by atoms with Crippen molar-refractivity contribution >= 4 is 77.1 Å². The van der Waals surface area contributed by atoms with Gasteiger partial charge in [0, 0.05) is 29.8 Å². The number of nitrogens with two attached hydrogens (primary N) is 2. The summed E-state index contributed by atoms with van der Waals surface area (Å²) in [6.07, 6.45) is 0. The van der Waals surface area contributed by atoms with Crippen molar-refractivity contribution < 1.29 is 9.59 Å². The van der Waals surface area contributed by atoms with E-state index in [9.17, 15) is 9.59 Å². The number of hydrogen-bond donors (Lipinski definition) is 3. The summed E-state index contributed by atoms with van der Waals surface area (Å²) in [5, 5.41) is 2.80. The molecule has 0 spiro atoms. The van der Waals surface area contributed by atoms with Crippen LogP contribution < -0.4 is 16.8 Å². The summed E-state index contributed by atoms with van der Waals surface area (Å²) in [4.78, 5) is 30.3. The van der Waals surface area contributed by atoms with Crippen molar-refractivity contribution in [2.45, 2.75) is 0 Å². The van der Waals surface area contributed by atoms with Gasteiger partial charge in [0.05, 0.1) is 4.34 Å². The number of nitrogens with zero attached hydrogens (tertiary/aromatic N) is 2. The molecule has 0 atom stereocenters. The third-order valence-electron chi connectivity index (χ3n) is 3.49. The van der Waals surface area contributed by atoms with Crippen LogP contribution in [-0.2, 0) is 0 Å². The first-order valence-electron chi connectivity index (χ1n) is 7.84. The third kappa shape index (κ3) is 8.00. The molecule has 0 fully saturated rings. The zero-order valence-corrected chi connectivity index (χ0v) is 19.5. The molecule has 160 valence electrons. The molecule has 1 aromatic heterocycles. The second kappa shape index (κ2) is 12.2. The van der Waals surface area contributed by atoms with Gasteiger partial charge in [-0.05, 0) is 43.9 Å². The van der Waals surface area contributed by atoms with Gasteiger partial charge >= 0.3 is 0 Å². The Bertz CT molecular complexity index is 898. The first-order chi connectivity index (χ1) is 12.7. The Kier molecular flexibility index (Phi) is 11.6. The Morgan fingerprint density at radius 1 is 1.10 bits per heavy atom. The van der Waals surface area contributed by atoms with Gasteiger partial charge in [-0.3, -0.25) is 9.59 Å². The number of aliphatic imine (C=N–C) groups is 1. The highest BCUT2D eigenvalue weighted by Gasteiger charge is 2.16. The van der Waals surface area contributed by atoms with E-state index in [1.807, 2.05) is 19.0 Å². The molecule has 0 bridgehead atoms. The minimum atomic E-state index is -0.656. The van der Waals surface area contributed by atoms with Crippen molar-refractivity contribution in [3.05, 3.63) is 44.1 Å². The Hall–Kier alpha value is -1.55. The molecule has 0 aliphatic heterocycles. The molecule has 2 aromatic rings. The second-order valence-corrected chi connectivity index (χ2v) is 8.22. The summed E-state index contributed by atoms with van der Waals surface area (Å²) < 4.78 is 0.943. The van der Waals surface area contributed by atoms with E-state index in [0.717, 1.165) is 0 Å². The largest absolute Gasteiger partial charge is 0.370 e. The Balaban J connectivity index is 0.00000392. The fourth-order valence-corrected chi connectivity index (χ4v) is 3.76. The van der Waals surface area contributed by atoms with E-state index >= 15 is 0 Å². The molecular weight excluding hydrogens is 480 g/mol. The van der Waals surface area contributed by atoms with Crippen molar-refractivity contribution in [3.8, 4) is 11.1 Å². The van der Waals surface area contributed by atoms with Crippen LogP contribution in [0.2, 0.25) is 8.67 Å². The maximum Gasteiger partial charge on any atom is 0.280 e. The molecule has 5 N–H and O–H groups in total. The van der Waals surface area contributed by atoms with Gasteiger partial charge in [-0.2, -0.15) is 4.99 Å². The number of hydrogen-bond acceptors (Lipinski definition) is 4. The average Bonchev–Trinajstić information content (AvgIpc) is 2.91. The van der Waals surface area contributed by atoms with E-state index in [-0.39, 0.29) is 42.2 Å². The zero-order chi connectivity index (χ0) is 20.1. The highest BCUT2D eigenvalue weighted by molar-refractivity contribution is 7.20. The third-order valence-corrected chi connectivity index (χ3v) is 4.97. The SMILES string of the molecule is CN(C)CCNC(=O)c1cc(C(=O)N=C(N)N)cc(-c2cc(Cl)sc2Cl)c1.Cl.Cl. The van der Waals surface area contributed by atoms with E-state index in [1.165, 1.54) is 17.4 Å². The normalized spacial score (nSPS) is 9.97. The molecule has 0 unspecified atom stereocenters. The molecule has 0 saturated carbocycles. The monoisotopic (exact) mass is 499 g/mol. The van der Waals surface area contributed by atoms with Crippen LogP contribution >= 0.6 is 59.4 Å². The van der Waals surface area contributed by atoms with Crippen molar-refractivity contribution in [1.82, 2.24) is 10.2 Å². The van der Waals surface area contributed by atoms with Crippen LogP contribution in [0.5, 0.6) is 0 Å². The predicted octanol–water partition coefficient (Wildman–Crippen LogP) is 3.27. The highest BCUT2D eigenvalue weighted by atomic mass is 35.5. The van der Waals surface area contributed by atoms with E-state index in [0.29, 0.717) is 38.5 Å². The summed E-state index contributed by atoms with van der Waals surface area (Å²) in [7, 11) is 3.81. The molecule has 29 heavy (non-hydrogen) atoms. The predicted molar refractivity (Wildman–Crippen MR) is 125 cm³/mol. The molecule has 12 heteroatoms. The van der Waals surface area contributed by atoms with Crippen molar-refractivity contribution in [2.24, 2.45) is 16.5 Å². The molecule has 2 rings (SSSR count). The van der Waals surface area contributed by atoms with Crippen LogP contribution in [0.1, 0.15) is 20.7 Å². The van der Waals surface area contributed by atoms with Gasteiger partial charge < -0.3 is 21.7 Å². The van der Waals surface area contributed by atoms with Crippen LogP contribution in [0, 0.1) is 0 Å². The van der Waals surface area contributed by atoms with Crippen LogP contribution in [0.25, 0.3) is 11.1 Å². The first kappa shape index (κ1) is 27.4. The fraction of sp³-hybridized carbons (Fsp3) is 0.235. The highest BCUT2D eigenvalue weighted by Crippen LogP contribution is 2.38. The molecule has 0 saturated heterocycles. The average molecular weight is 501 g/mol. The zero-order valence-electron chi connectivity index (χ0n) is 15.6. The molecule has 1 heterocycles. The smallest absolute Gasteiger partial charge is 0.280 e. The summed E-state index contributed by atoms with van der Waals surface area (Å²) in [5.74, 6) is -1.34. The lowest BCUT2D eigenvalue weighted by molar-refractivity contribution is 0.0951. The molecule has 2 amide bonds. The maximum atomic E-state index is 12.5. The summed E-state index contributed by atoms with van der Waals surface area (Å²) >= 11 is 13.4. The lowest BCUT2D eigenvalue weighted by Crippen LogP contribution is -2.31. The Morgan fingerprint density at radius 3 is 2.24 bits per heavy atom. The van der Waals surface area contributed by atoms with Gasteiger partial charge in [-0.15, -0.1) is 36.2 Å². The Morgan fingerprint density at radius 2 is 1.72 bits per heavy atom. The van der Waals surface area contributed by atoms with Crippen LogP contribution in [0.3, 0.4) is 0 Å². The van der Waals surface area contributed by atoms with E-state index in [4.69, 9.17) is 34.7 Å². The molecule has 0 aliphatic rings. The van der Waals surface area contributed by atoms with Crippen LogP contribution in [-0.4, -0.2) is 49.9 Å². The lowest BCUT2D eigenvalue weighted by atomic mass is 10.0. The number of amides is 2. The standard InChI is InChI=1S/C17H19Cl2N5O2S.2ClH/c1-24(2)4-3-22-15(25)10-5-9(12-8-13(18)27-14(12)19)6-11(7-10)16(26)23-17(20)21;;/h5-8H,3-4H2,1-2H3,(H,22,25)(H4,20,21,23,26);2*1H. The number of nitrogens with one attached hydrogen (secondary N) is 1. The Labute approximate surface area is 195 Å². The van der Waals surface area contributed by atoms with E-state index < -0.39 is 5.91 Å². The minimum absolute atomic E-state index is 0. The van der Waals surface area contributed by atoms with Gasteiger partial charge in [-0.1, -0.05) is 23.2 Å². The summed E-state index contributed by atoms with van der Waals surface area (Å²) in [5.41, 5.74) is 12.2. The van der Waals surface area contributed by atoms with E-state index in [2.05, 4.69) is 10.3 Å². The number of guanidine groups is 1. The fourth-order valence-electron chi connectivity index (χ4n) is 2.25. The van der Waals surface area contributed by atoms with Crippen molar-refractivity contribution in [2.75, 3.05) is 27.2 Å². The number of carbonyl (C=O) groups is 2. The summed E-state index contributed by atoms with van der Waals surface area (Å²) in [6, 6.07) is 6.31.